The van der Waals surface area contributed by atoms with Crippen molar-refractivity contribution < 1.29 is 17.9 Å². The molecule has 2 rings (SSSR count). The lowest BCUT2D eigenvalue weighted by molar-refractivity contribution is -0.138. The summed E-state index contributed by atoms with van der Waals surface area (Å²) in [6, 6.07) is 16.4. The molecule has 0 saturated carbocycles. The topological polar surface area (TPSA) is 66.9 Å². The molecule has 0 unspecified atom stereocenters. The van der Waals surface area contributed by atoms with Crippen molar-refractivity contribution in [2.24, 2.45) is 0 Å². The largest absolute Gasteiger partial charge is 0.481 e. The van der Waals surface area contributed by atoms with Crippen molar-refractivity contribution >= 4 is 21.6 Å². The molecule has 0 fully saturated rings. The van der Waals surface area contributed by atoms with Gasteiger partial charge in [-0.3, -0.25) is 9.10 Å². The van der Waals surface area contributed by atoms with E-state index >= 15 is 0 Å². The van der Waals surface area contributed by atoms with Crippen molar-refractivity contribution in [1.29, 1.82) is 0 Å². The maximum atomic E-state index is 12.7. The maximum Gasteiger partial charge on any atom is 0.263 e. The second kappa shape index (κ2) is 8.90. The predicted molar refractivity (Wildman–Crippen MR) is 107 cm³/mol. The Bertz CT molecular complexity index is 851. The third-order valence-electron chi connectivity index (χ3n) is 4.27. The highest BCUT2D eigenvalue weighted by atomic mass is 32.2. The highest BCUT2D eigenvalue weighted by molar-refractivity contribution is 7.92. The van der Waals surface area contributed by atoms with Crippen LogP contribution in [0.5, 0.6) is 5.75 Å². The quantitative estimate of drug-likeness (QED) is 0.695. The minimum Gasteiger partial charge on any atom is -0.481 e. The van der Waals surface area contributed by atoms with Crippen LogP contribution in [0.15, 0.2) is 54.6 Å². The molecule has 0 aliphatic carbocycles. The first-order valence-corrected chi connectivity index (χ1v) is 10.6. The number of anilines is 1. The second-order valence-corrected chi connectivity index (χ2v) is 8.34. The lowest BCUT2D eigenvalue weighted by Crippen LogP contribution is -2.39. The third-order valence-corrected chi connectivity index (χ3v) is 5.47. The fourth-order valence-corrected chi connectivity index (χ4v) is 3.09. The molecular formula is C20H26N2O4S. The van der Waals surface area contributed by atoms with E-state index in [0.717, 1.165) is 11.8 Å². The molecule has 0 bridgehead atoms. The molecule has 1 atom stereocenters. The van der Waals surface area contributed by atoms with Gasteiger partial charge in [0.2, 0.25) is 10.0 Å². The van der Waals surface area contributed by atoms with Crippen molar-refractivity contribution in [3.63, 3.8) is 0 Å². The van der Waals surface area contributed by atoms with Crippen molar-refractivity contribution in [1.82, 2.24) is 4.90 Å². The zero-order chi connectivity index (χ0) is 20.0. The van der Waals surface area contributed by atoms with Gasteiger partial charge in [-0.05, 0) is 43.7 Å². The SMILES string of the molecule is CCN(Cc1ccccc1)C(=O)[C@@H](C)Oc1ccc(N(C)S(C)(=O)=O)cc1. The molecule has 2 aromatic rings. The zero-order valence-electron chi connectivity index (χ0n) is 16.1. The van der Waals surface area contributed by atoms with Crippen molar-refractivity contribution in [3.8, 4) is 5.75 Å². The predicted octanol–water partition coefficient (Wildman–Crippen LogP) is 2.90. The van der Waals surface area contributed by atoms with E-state index in [1.165, 1.54) is 11.4 Å². The van der Waals surface area contributed by atoms with Gasteiger partial charge in [-0.15, -0.1) is 0 Å². The van der Waals surface area contributed by atoms with Gasteiger partial charge >= 0.3 is 0 Å². The molecule has 0 aliphatic heterocycles. The standard InChI is InChI=1S/C20H26N2O4S/c1-5-22(15-17-9-7-6-8-10-17)20(23)16(2)26-19-13-11-18(12-14-19)21(3)27(4,24)25/h6-14,16H,5,15H2,1-4H3/t16-/m1/s1. The Hall–Kier alpha value is -2.54. The minimum absolute atomic E-state index is 0.0984. The number of carbonyl (C=O) groups excluding carboxylic acids is 1. The van der Waals surface area contributed by atoms with Crippen molar-refractivity contribution in [2.75, 3.05) is 24.2 Å². The summed E-state index contributed by atoms with van der Waals surface area (Å²) < 4.78 is 30.1. The molecule has 0 heterocycles. The van der Waals surface area contributed by atoms with Gasteiger partial charge in [0.05, 0.1) is 11.9 Å². The summed E-state index contributed by atoms with van der Waals surface area (Å²) in [5.74, 6) is 0.413. The molecule has 7 heteroatoms. The molecule has 1 amide bonds. The fourth-order valence-electron chi connectivity index (χ4n) is 2.59. The molecule has 0 aromatic heterocycles. The molecule has 0 aliphatic rings. The van der Waals surface area contributed by atoms with Crippen LogP contribution < -0.4 is 9.04 Å². The van der Waals surface area contributed by atoms with Gasteiger partial charge < -0.3 is 9.64 Å². The number of rotatable bonds is 8. The Balaban J connectivity index is 2.02. The summed E-state index contributed by atoms with van der Waals surface area (Å²) in [5, 5.41) is 0. The first kappa shape index (κ1) is 20.8. The molecule has 6 nitrogen and oxygen atoms in total. The highest BCUT2D eigenvalue weighted by Crippen LogP contribution is 2.21. The van der Waals surface area contributed by atoms with E-state index in [1.54, 1.807) is 36.1 Å². The van der Waals surface area contributed by atoms with Crippen LogP contribution in [0.2, 0.25) is 0 Å². The number of hydrogen-bond acceptors (Lipinski definition) is 4. The summed E-state index contributed by atoms with van der Waals surface area (Å²) in [4.78, 5) is 14.4. The first-order chi connectivity index (χ1) is 12.7. The number of sulfonamides is 1. The molecule has 0 spiro atoms. The summed E-state index contributed by atoms with van der Waals surface area (Å²) in [7, 11) is -1.83. The summed E-state index contributed by atoms with van der Waals surface area (Å²) in [6.45, 7) is 4.76. The Morgan fingerprint density at radius 3 is 2.19 bits per heavy atom. The van der Waals surface area contributed by atoms with Gasteiger partial charge in [-0.25, -0.2) is 8.42 Å². The Kier molecular flexibility index (Phi) is 6.85. The number of nitrogens with zero attached hydrogens (tertiary/aromatic N) is 2. The molecular weight excluding hydrogens is 364 g/mol. The van der Waals surface area contributed by atoms with Gasteiger partial charge in [0.1, 0.15) is 5.75 Å². The van der Waals surface area contributed by atoms with E-state index in [9.17, 15) is 13.2 Å². The number of hydrogen-bond donors (Lipinski definition) is 0. The zero-order valence-corrected chi connectivity index (χ0v) is 16.9. The number of likely N-dealkylation sites (N-methyl/N-ethyl adjacent to an activating group) is 1. The van der Waals surface area contributed by atoms with Gasteiger partial charge in [0.25, 0.3) is 5.91 Å². The minimum atomic E-state index is -3.32. The monoisotopic (exact) mass is 390 g/mol. The summed E-state index contributed by atoms with van der Waals surface area (Å²) in [6.07, 6.45) is 0.497. The van der Waals surface area contributed by atoms with Crippen LogP contribution in [-0.2, 0) is 21.4 Å². The van der Waals surface area contributed by atoms with Crippen LogP contribution in [0.25, 0.3) is 0 Å². The number of carbonyl (C=O) groups is 1. The van der Waals surface area contributed by atoms with E-state index in [-0.39, 0.29) is 5.91 Å². The molecule has 0 radical (unpaired) electrons. The van der Waals surface area contributed by atoms with Gasteiger partial charge in [0.15, 0.2) is 6.10 Å². The van der Waals surface area contributed by atoms with Crippen LogP contribution in [0.4, 0.5) is 5.69 Å². The van der Waals surface area contributed by atoms with Crippen molar-refractivity contribution in [3.05, 3.63) is 60.2 Å². The fraction of sp³-hybridized carbons (Fsp3) is 0.350. The summed E-state index contributed by atoms with van der Waals surface area (Å²) >= 11 is 0. The smallest absolute Gasteiger partial charge is 0.263 e. The average molecular weight is 391 g/mol. The van der Waals surface area contributed by atoms with Gasteiger partial charge in [-0.2, -0.15) is 0 Å². The number of amides is 1. The van der Waals surface area contributed by atoms with E-state index in [2.05, 4.69) is 0 Å². The van der Waals surface area contributed by atoms with Gasteiger partial charge in [0, 0.05) is 20.1 Å². The van der Waals surface area contributed by atoms with E-state index in [0.29, 0.717) is 24.5 Å². The molecule has 27 heavy (non-hydrogen) atoms. The van der Waals surface area contributed by atoms with E-state index in [1.807, 2.05) is 37.3 Å². The highest BCUT2D eigenvalue weighted by Gasteiger charge is 2.21. The van der Waals surface area contributed by atoms with Crippen molar-refractivity contribution in [2.45, 2.75) is 26.5 Å². The lowest BCUT2D eigenvalue weighted by atomic mass is 10.2. The van der Waals surface area contributed by atoms with E-state index < -0.39 is 16.1 Å². The number of ether oxygens (including phenoxy) is 1. The molecule has 146 valence electrons. The first-order valence-electron chi connectivity index (χ1n) is 8.75. The Morgan fingerprint density at radius 1 is 1.07 bits per heavy atom. The van der Waals surface area contributed by atoms with Gasteiger partial charge in [-0.1, -0.05) is 30.3 Å². The third kappa shape index (κ3) is 5.72. The van der Waals surface area contributed by atoms with Crippen LogP contribution in [0.1, 0.15) is 19.4 Å². The molecule has 2 aromatic carbocycles. The average Bonchev–Trinajstić information content (AvgIpc) is 2.65. The summed E-state index contributed by atoms with van der Waals surface area (Å²) in [5.41, 5.74) is 1.59. The van der Waals surface area contributed by atoms with Crippen LogP contribution in [0, 0.1) is 0 Å². The van der Waals surface area contributed by atoms with E-state index in [4.69, 9.17) is 4.74 Å². The lowest BCUT2D eigenvalue weighted by Gasteiger charge is -2.25. The Labute approximate surface area is 161 Å². The number of benzene rings is 2. The molecule has 0 saturated heterocycles. The maximum absolute atomic E-state index is 12.7. The normalized spacial score (nSPS) is 12.3. The van der Waals surface area contributed by atoms with Crippen LogP contribution in [0.3, 0.4) is 0 Å². The van der Waals surface area contributed by atoms with Crippen LogP contribution >= 0.6 is 0 Å². The Morgan fingerprint density at radius 2 is 1.67 bits per heavy atom. The second-order valence-electron chi connectivity index (χ2n) is 6.32. The molecule has 0 N–H and O–H groups in total. The van der Waals surface area contributed by atoms with Crippen LogP contribution in [-0.4, -0.2) is 45.2 Å².